The van der Waals surface area contributed by atoms with Crippen molar-refractivity contribution < 1.29 is 28.6 Å². The molecule has 29 heavy (non-hydrogen) atoms. The summed E-state index contributed by atoms with van der Waals surface area (Å²) >= 11 is 0. The highest BCUT2D eigenvalue weighted by Crippen LogP contribution is 2.32. The van der Waals surface area contributed by atoms with E-state index in [0.29, 0.717) is 23.6 Å². The Morgan fingerprint density at radius 1 is 1.14 bits per heavy atom. The van der Waals surface area contributed by atoms with Crippen LogP contribution in [0.1, 0.15) is 22.8 Å². The second kappa shape index (κ2) is 7.83. The lowest BCUT2D eigenvalue weighted by Crippen LogP contribution is -2.41. The van der Waals surface area contributed by atoms with Gasteiger partial charge in [0.1, 0.15) is 6.54 Å². The molecule has 0 unspecified atom stereocenters. The van der Waals surface area contributed by atoms with Crippen molar-refractivity contribution in [2.75, 3.05) is 24.8 Å². The molecule has 2 aliphatic heterocycles. The number of benzene rings is 2. The monoisotopic (exact) mass is 396 g/mol. The average Bonchev–Trinajstić information content (AvgIpc) is 3.37. The number of anilines is 1. The van der Waals surface area contributed by atoms with Gasteiger partial charge in [0.25, 0.3) is 11.8 Å². The normalized spacial score (nSPS) is 14.9. The molecule has 0 saturated carbocycles. The molecule has 2 heterocycles. The van der Waals surface area contributed by atoms with Crippen LogP contribution in [-0.2, 0) is 20.7 Å². The van der Waals surface area contributed by atoms with Gasteiger partial charge in [0.2, 0.25) is 6.79 Å². The molecule has 2 aliphatic rings. The number of para-hydroxylation sites is 1. The fraction of sp³-hybridized carbons (Fsp3) is 0.286. The molecule has 0 fully saturated rings. The van der Waals surface area contributed by atoms with Crippen LogP contribution in [-0.4, -0.2) is 43.8 Å². The van der Waals surface area contributed by atoms with E-state index < -0.39 is 18.0 Å². The number of rotatable bonds is 5. The van der Waals surface area contributed by atoms with Crippen LogP contribution in [0.15, 0.2) is 42.5 Å². The molecule has 0 radical (unpaired) electrons. The van der Waals surface area contributed by atoms with Gasteiger partial charge in [0.15, 0.2) is 17.6 Å². The molecule has 2 amide bonds. The molecule has 2 aromatic carbocycles. The fourth-order valence-electron chi connectivity index (χ4n) is 3.37. The van der Waals surface area contributed by atoms with Crippen LogP contribution in [0, 0.1) is 0 Å². The van der Waals surface area contributed by atoms with E-state index in [0.717, 1.165) is 17.7 Å². The van der Waals surface area contributed by atoms with Gasteiger partial charge in [-0.2, -0.15) is 0 Å². The highest BCUT2D eigenvalue weighted by Gasteiger charge is 2.29. The molecule has 8 heteroatoms. The Hall–Kier alpha value is -3.55. The standard InChI is InChI=1S/C21H20N2O6/c1-13(21(26)23-9-8-14-4-2-3-5-16(14)23)29-19(24)11-22-20(25)15-6-7-17-18(10-15)28-12-27-17/h2-7,10,13H,8-9,11-12H2,1H3,(H,22,25)/t13-/m0/s1. The van der Waals surface area contributed by atoms with Crippen LogP contribution < -0.4 is 19.7 Å². The summed E-state index contributed by atoms with van der Waals surface area (Å²) in [7, 11) is 0. The molecule has 1 N–H and O–H groups in total. The maximum absolute atomic E-state index is 12.6. The van der Waals surface area contributed by atoms with Crippen molar-refractivity contribution in [3.05, 3.63) is 53.6 Å². The van der Waals surface area contributed by atoms with Crippen molar-refractivity contribution in [3.63, 3.8) is 0 Å². The largest absolute Gasteiger partial charge is 0.454 e. The van der Waals surface area contributed by atoms with E-state index in [4.69, 9.17) is 14.2 Å². The zero-order valence-electron chi connectivity index (χ0n) is 15.8. The predicted molar refractivity (Wildman–Crippen MR) is 103 cm³/mol. The minimum atomic E-state index is -0.948. The van der Waals surface area contributed by atoms with Gasteiger partial charge in [-0.25, -0.2) is 0 Å². The van der Waals surface area contributed by atoms with Gasteiger partial charge in [-0.05, 0) is 43.2 Å². The zero-order valence-corrected chi connectivity index (χ0v) is 15.8. The van der Waals surface area contributed by atoms with Crippen molar-refractivity contribution in [1.29, 1.82) is 0 Å². The summed E-state index contributed by atoms with van der Waals surface area (Å²) in [6.45, 7) is 1.85. The van der Waals surface area contributed by atoms with Crippen molar-refractivity contribution in [1.82, 2.24) is 5.32 Å². The number of nitrogens with zero attached hydrogens (tertiary/aromatic N) is 1. The number of ether oxygens (including phenoxy) is 3. The minimum Gasteiger partial charge on any atom is -0.454 e. The van der Waals surface area contributed by atoms with Crippen LogP contribution in [0.3, 0.4) is 0 Å². The molecule has 150 valence electrons. The number of carbonyl (C=O) groups excluding carboxylic acids is 3. The molecular weight excluding hydrogens is 376 g/mol. The number of esters is 1. The average molecular weight is 396 g/mol. The molecule has 0 aliphatic carbocycles. The third-order valence-electron chi connectivity index (χ3n) is 4.84. The molecule has 2 aromatic rings. The van der Waals surface area contributed by atoms with Gasteiger partial charge in [-0.1, -0.05) is 18.2 Å². The third kappa shape index (κ3) is 3.87. The second-order valence-electron chi connectivity index (χ2n) is 6.75. The van der Waals surface area contributed by atoms with Crippen LogP contribution in [0.4, 0.5) is 5.69 Å². The molecule has 0 saturated heterocycles. The Kier molecular flexibility index (Phi) is 5.07. The van der Waals surface area contributed by atoms with Crippen LogP contribution in [0.25, 0.3) is 0 Å². The van der Waals surface area contributed by atoms with E-state index in [-0.39, 0.29) is 19.2 Å². The summed E-state index contributed by atoms with van der Waals surface area (Å²) in [4.78, 5) is 38.6. The number of hydrogen-bond donors (Lipinski definition) is 1. The van der Waals surface area contributed by atoms with Gasteiger partial charge >= 0.3 is 5.97 Å². The van der Waals surface area contributed by atoms with Crippen molar-refractivity contribution in [2.24, 2.45) is 0 Å². The number of fused-ring (bicyclic) bond motifs is 2. The zero-order chi connectivity index (χ0) is 20.4. The minimum absolute atomic E-state index is 0.111. The second-order valence-corrected chi connectivity index (χ2v) is 6.75. The molecule has 4 rings (SSSR count). The van der Waals surface area contributed by atoms with Gasteiger partial charge in [-0.15, -0.1) is 0 Å². The van der Waals surface area contributed by atoms with Gasteiger partial charge < -0.3 is 24.4 Å². The maximum Gasteiger partial charge on any atom is 0.326 e. The molecule has 1 atom stereocenters. The first-order chi connectivity index (χ1) is 14.0. The van der Waals surface area contributed by atoms with Gasteiger partial charge in [-0.3, -0.25) is 14.4 Å². The SMILES string of the molecule is C[C@H](OC(=O)CNC(=O)c1ccc2c(c1)OCO2)C(=O)N1CCc2ccccc21. The first-order valence-corrected chi connectivity index (χ1v) is 9.29. The van der Waals surface area contributed by atoms with Gasteiger partial charge in [0, 0.05) is 17.8 Å². The Morgan fingerprint density at radius 2 is 1.93 bits per heavy atom. The Bertz CT molecular complexity index is 973. The highest BCUT2D eigenvalue weighted by molar-refractivity contribution is 6.00. The lowest BCUT2D eigenvalue weighted by atomic mass is 10.2. The third-order valence-corrected chi connectivity index (χ3v) is 4.84. The first-order valence-electron chi connectivity index (χ1n) is 9.29. The van der Waals surface area contributed by atoms with Crippen LogP contribution in [0.5, 0.6) is 11.5 Å². The Morgan fingerprint density at radius 3 is 2.79 bits per heavy atom. The summed E-state index contributed by atoms with van der Waals surface area (Å²) in [5, 5.41) is 2.48. The van der Waals surface area contributed by atoms with E-state index in [1.165, 1.54) is 6.92 Å². The summed E-state index contributed by atoms with van der Waals surface area (Å²) < 4.78 is 15.6. The number of carbonyl (C=O) groups is 3. The van der Waals surface area contributed by atoms with Crippen molar-refractivity contribution in [3.8, 4) is 11.5 Å². The molecular formula is C21H20N2O6. The molecule has 0 aromatic heterocycles. The van der Waals surface area contributed by atoms with Crippen LogP contribution >= 0.6 is 0 Å². The summed E-state index contributed by atoms with van der Waals surface area (Å²) in [6, 6.07) is 12.4. The number of hydrogen-bond acceptors (Lipinski definition) is 6. The van der Waals surface area contributed by atoms with Crippen molar-refractivity contribution >= 4 is 23.5 Å². The maximum atomic E-state index is 12.6. The van der Waals surface area contributed by atoms with E-state index in [2.05, 4.69) is 5.32 Å². The lowest BCUT2D eigenvalue weighted by molar-refractivity contribution is -0.152. The number of nitrogens with one attached hydrogen (secondary N) is 1. The summed E-state index contributed by atoms with van der Waals surface area (Å²) in [5.74, 6) is -0.382. The molecule has 0 bridgehead atoms. The predicted octanol–water partition coefficient (Wildman–Crippen LogP) is 1.67. The fourth-order valence-corrected chi connectivity index (χ4v) is 3.37. The summed E-state index contributed by atoms with van der Waals surface area (Å²) in [6.07, 6.45) is -0.176. The highest BCUT2D eigenvalue weighted by atomic mass is 16.7. The van der Waals surface area contributed by atoms with Crippen molar-refractivity contribution in [2.45, 2.75) is 19.4 Å². The van der Waals surface area contributed by atoms with E-state index in [1.807, 2.05) is 24.3 Å². The van der Waals surface area contributed by atoms with E-state index in [1.54, 1.807) is 23.1 Å². The Labute approximate surface area is 167 Å². The van der Waals surface area contributed by atoms with Gasteiger partial charge in [0.05, 0.1) is 0 Å². The molecule has 8 nitrogen and oxygen atoms in total. The topological polar surface area (TPSA) is 94.2 Å². The number of amides is 2. The molecule has 0 spiro atoms. The summed E-state index contributed by atoms with van der Waals surface area (Å²) in [5.41, 5.74) is 2.27. The lowest BCUT2D eigenvalue weighted by Gasteiger charge is -2.21. The van der Waals surface area contributed by atoms with Crippen LogP contribution in [0.2, 0.25) is 0 Å². The van der Waals surface area contributed by atoms with E-state index >= 15 is 0 Å². The van der Waals surface area contributed by atoms with E-state index in [9.17, 15) is 14.4 Å². The quantitative estimate of drug-likeness (QED) is 0.773. The smallest absolute Gasteiger partial charge is 0.326 e. The first kappa shape index (κ1) is 18.8. The Balaban J connectivity index is 1.29.